The highest BCUT2D eigenvalue weighted by Gasteiger charge is 2.31. The van der Waals surface area contributed by atoms with Crippen LogP contribution < -0.4 is 10.0 Å². The molecule has 1 atom stereocenters. The van der Waals surface area contributed by atoms with Crippen molar-refractivity contribution in [2.24, 2.45) is 4.99 Å². The molecular formula is C20H21N3O5S. The highest BCUT2D eigenvalue weighted by molar-refractivity contribution is 7.90. The molecule has 2 N–H and O–H groups in total. The number of anilines is 1. The van der Waals surface area contributed by atoms with Crippen LogP contribution in [-0.2, 0) is 24.3 Å². The van der Waals surface area contributed by atoms with Gasteiger partial charge in [-0.2, -0.15) is 0 Å². The van der Waals surface area contributed by atoms with Crippen LogP contribution in [0.2, 0.25) is 0 Å². The van der Waals surface area contributed by atoms with Crippen molar-refractivity contribution in [2.75, 3.05) is 11.9 Å². The van der Waals surface area contributed by atoms with Gasteiger partial charge < -0.3 is 10.1 Å². The van der Waals surface area contributed by atoms with Crippen molar-refractivity contribution in [1.82, 2.24) is 4.72 Å². The van der Waals surface area contributed by atoms with E-state index in [0.29, 0.717) is 11.3 Å². The van der Waals surface area contributed by atoms with Gasteiger partial charge in [0, 0.05) is 11.3 Å². The number of nitrogens with one attached hydrogen (secondary N) is 2. The second kappa shape index (κ2) is 8.04. The van der Waals surface area contributed by atoms with Crippen molar-refractivity contribution in [3.8, 4) is 0 Å². The molecule has 1 heterocycles. The van der Waals surface area contributed by atoms with E-state index < -0.39 is 34.5 Å². The number of nitrogens with zero attached hydrogens (tertiary/aromatic N) is 1. The predicted octanol–water partition coefficient (Wildman–Crippen LogP) is 1.91. The summed E-state index contributed by atoms with van der Waals surface area (Å²) in [5, 5.41) is 2.70. The molecule has 0 radical (unpaired) electrons. The number of amides is 1. The summed E-state index contributed by atoms with van der Waals surface area (Å²) in [5.74, 6) is -1.14. The number of carbonyl (C=O) groups is 2. The highest BCUT2D eigenvalue weighted by Crippen LogP contribution is 2.22. The molecule has 152 valence electrons. The van der Waals surface area contributed by atoms with Crippen LogP contribution in [0, 0.1) is 13.8 Å². The number of hydrogen-bond donors (Lipinski definition) is 2. The fourth-order valence-corrected chi connectivity index (χ4v) is 4.05. The lowest BCUT2D eigenvalue weighted by Crippen LogP contribution is -2.29. The van der Waals surface area contributed by atoms with Crippen molar-refractivity contribution in [3.63, 3.8) is 0 Å². The molecule has 0 aliphatic carbocycles. The first-order chi connectivity index (χ1) is 13.7. The van der Waals surface area contributed by atoms with E-state index >= 15 is 0 Å². The first-order valence-corrected chi connectivity index (χ1v) is 10.4. The number of rotatable bonds is 5. The summed E-state index contributed by atoms with van der Waals surface area (Å²) in [6, 6.07) is 10.9. The molecule has 0 bridgehead atoms. The molecule has 0 saturated heterocycles. The molecule has 1 aliphatic heterocycles. The molecule has 1 aliphatic rings. The number of hydrogen-bond acceptors (Lipinski definition) is 6. The van der Waals surface area contributed by atoms with Gasteiger partial charge in [0.05, 0.1) is 4.90 Å². The fraction of sp³-hybridized carbons (Fsp3) is 0.250. The zero-order valence-electron chi connectivity index (χ0n) is 16.2. The van der Waals surface area contributed by atoms with E-state index in [2.05, 4.69) is 15.0 Å². The molecule has 9 heteroatoms. The molecule has 2 aromatic carbocycles. The highest BCUT2D eigenvalue weighted by atomic mass is 32.2. The van der Waals surface area contributed by atoms with E-state index in [-0.39, 0.29) is 10.7 Å². The van der Waals surface area contributed by atoms with E-state index in [1.54, 1.807) is 24.3 Å². The fourth-order valence-electron chi connectivity index (χ4n) is 2.81. The number of benzene rings is 2. The summed E-state index contributed by atoms with van der Waals surface area (Å²) in [5.41, 5.74) is 3.00. The molecule has 2 aromatic rings. The van der Waals surface area contributed by atoms with Gasteiger partial charge in [-0.1, -0.05) is 24.3 Å². The molecule has 0 spiro atoms. The van der Waals surface area contributed by atoms with Gasteiger partial charge in [-0.25, -0.2) is 13.2 Å². The number of esters is 1. The van der Waals surface area contributed by atoms with Crippen LogP contribution in [0.1, 0.15) is 23.6 Å². The lowest BCUT2D eigenvalue weighted by atomic mass is 10.1. The number of fused-ring (bicyclic) bond motifs is 1. The van der Waals surface area contributed by atoms with Crippen LogP contribution in [0.15, 0.2) is 52.4 Å². The smallest absolute Gasteiger partial charge is 0.331 e. The Balaban J connectivity index is 1.62. The van der Waals surface area contributed by atoms with Crippen molar-refractivity contribution < 1.29 is 22.7 Å². The lowest BCUT2D eigenvalue weighted by Gasteiger charge is -2.12. The Bertz CT molecular complexity index is 1110. The van der Waals surface area contributed by atoms with Crippen molar-refractivity contribution in [3.05, 3.63) is 59.2 Å². The zero-order chi connectivity index (χ0) is 21.2. The van der Waals surface area contributed by atoms with E-state index in [9.17, 15) is 18.0 Å². The summed E-state index contributed by atoms with van der Waals surface area (Å²) in [6.07, 6.45) is 0. The molecule has 0 saturated carbocycles. The normalized spacial score (nSPS) is 16.6. The maximum atomic E-state index is 12.2. The van der Waals surface area contributed by atoms with E-state index in [1.807, 2.05) is 26.0 Å². The van der Waals surface area contributed by atoms with Gasteiger partial charge in [-0.3, -0.25) is 14.5 Å². The second-order valence-corrected chi connectivity index (χ2v) is 8.31. The number of aliphatic imine (C=N–C) groups is 1. The average molecular weight is 415 g/mol. The number of carbonyl (C=O) groups excluding carboxylic acids is 2. The van der Waals surface area contributed by atoms with E-state index in [0.717, 1.165) is 11.1 Å². The molecular weight excluding hydrogens is 394 g/mol. The van der Waals surface area contributed by atoms with Gasteiger partial charge in [-0.15, -0.1) is 0 Å². The Morgan fingerprint density at radius 3 is 2.62 bits per heavy atom. The monoisotopic (exact) mass is 415 g/mol. The van der Waals surface area contributed by atoms with Crippen LogP contribution >= 0.6 is 0 Å². The van der Waals surface area contributed by atoms with Gasteiger partial charge in [0.25, 0.3) is 15.9 Å². The van der Waals surface area contributed by atoms with Crippen LogP contribution in [-0.4, -0.2) is 38.8 Å². The largest absolute Gasteiger partial charge is 0.454 e. The quantitative estimate of drug-likeness (QED) is 0.724. The minimum atomic E-state index is -3.69. The van der Waals surface area contributed by atoms with Gasteiger partial charge in [0.2, 0.25) is 0 Å². The number of ether oxygens (including phenoxy) is 1. The lowest BCUT2D eigenvalue weighted by molar-refractivity contribution is -0.148. The van der Waals surface area contributed by atoms with Gasteiger partial charge in [0.1, 0.15) is 11.9 Å². The molecule has 1 amide bonds. The Hall–Kier alpha value is -3.20. The number of sulfonamides is 1. The summed E-state index contributed by atoms with van der Waals surface area (Å²) in [4.78, 5) is 28.5. The maximum absolute atomic E-state index is 12.2. The minimum Gasteiger partial charge on any atom is -0.454 e. The third-order valence-corrected chi connectivity index (χ3v) is 5.95. The minimum absolute atomic E-state index is 0.0740. The predicted molar refractivity (Wildman–Crippen MR) is 108 cm³/mol. The third kappa shape index (κ3) is 4.45. The molecule has 29 heavy (non-hydrogen) atoms. The average Bonchev–Trinajstić information content (AvgIpc) is 2.94. The van der Waals surface area contributed by atoms with Crippen LogP contribution in [0.3, 0.4) is 0 Å². The van der Waals surface area contributed by atoms with Crippen molar-refractivity contribution >= 4 is 33.4 Å². The standard InChI is InChI=1S/C20H21N3O5S/c1-12-7-6-9-16(13(12)2)22-18(24)11-28-20(25)14(3)21-19-15-8-4-5-10-17(15)29(26,27)23-19/h4-10,14H,11H2,1-3H3,(H,21,23)(H,22,24)/t14-/m1/s1. The Kier molecular flexibility index (Phi) is 5.69. The van der Waals surface area contributed by atoms with Gasteiger partial charge in [-0.05, 0) is 50.1 Å². The molecule has 3 rings (SSSR count). The van der Waals surface area contributed by atoms with Crippen LogP contribution in [0.25, 0.3) is 0 Å². The molecule has 0 fully saturated rings. The maximum Gasteiger partial charge on any atom is 0.331 e. The van der Waals surface area contributed by atoms with E-state index in [4.69, 9.17) is 4.74 Å². The summed E-state index contributed by atoms with van der Waals surface area (Å²) >= 11 is 0. The summed E-state index contributed by atoms with van der Waals surface area (Å²) in [6.45, 7) is 4.81. The Labute approximate surface area is 169 Å². The van der Waals surface area contributed by atoms with Crippen molar-refractivity contribution in [1.29, 1.82) is 0 Å². The summed E-state index contributed by atoms with van der Waals surface area (Å²) in [7, 11) is -3.69. The SMILES string of the molecule is Cc1cccc(NC(=O)COC(=O)[C@@H](C)N=C2NS(=O)(=O)c3ccccc32)c1C. The van der Waals surface area contributed by atoms with Crippen molar-refractivity contribution in [2.45, 2.75) is 31.7 Å². The molecule has 0 aromatic heterocycles. The second-order valence-electron chi connectivity index (χ2n) is 6.66. The van der Waals surface area contributed by atoms with Gasteiger partial charge in [0.15, 0.2) is 6.61 Å². The first kappa shape index (κ1) is 20.5. The van der Waals surface area contributed by atoms with Crippen LogP contribution in [0.5, 0.6) is 0 Å². The molecule has 8 nitrogen and oxygen atoms in total. The zero-order valence-corrected chi connectivity index (χ0v) is 17.0. The molecule has 0 unspecified atom stereocenters. The number of aryl methyl sites for hydroxylation is 1. The van der Waals surface area contributed by atoms with E-state index in [1.165, 1.54) is 13.0 Å². The Morgan fingerprint density at radius 1 is 1.14 bits per heavy atom. The number of amidine groups is 1. The first-order valence-electron chi connectivity index (χ1n) is 8.92. The third-order valence-electron chi connectivity index (χ3n) is 4.55. The summed E-state index contributed by atoms with van der Waals surface area (Å²) < 4.78 is 31.5. The van der Waals surface area contributed by atoms with Crippen LogP contribution in [0.4, 0.5) is 5.69 Å². The Morgan fingerprint density at radius 2 is 1.86 bits per heavy atom. The van der Waals surface area contributed by atoms with Gasteiger partial charge >= 0.3 is 5.97 Å². The topological polar surface area (TPSA) is 114 Å².